The average molecular weight is 350 g/mol. The molecule has 2 aliphatic heterocycles. The molecular formula is C15H28ClN3O2S. The molecule has 0 aromatic heterocycles. The molecule has 2 aliphatic rings. The van der Waals surface area contributed by atoms with Crippen molar-refractivity contribution in [1.29, 1.82) is 0 Å². The standard InChI is InChI=1S/C15H27N3O2S.ClH/c1-4-5-13(19)18-10-21-8-11(18)14(20)17-7-6-12(16)15(2,3)9-17;/h11-12H,4-10,16H2,1-3H3;1H. The summed E-state index contributed by atoms with van der Waals surface area (Å²) in [5.74, 6) is 1.57. The minimum atomic E-state index is -0.279. The predicted molar refractivity (Wildman–Crippen MR) is 93.1 cm³/mol. The number of carbonyl (C=O) groups is 2. The molecule has 2 heterocycles. The van der Waals surface area contributed by atoms with Gasteiger partial charge in [-0.3, -0.25) is 9.59 Å². The zero-order valence-corrected chi connectivity index (χ0v) is 15.3. The summed E-state index contributed by atoms with van der Waals surface area (Å²) in [6.45, 7) is 7.61. The Balaban J connectivity index is 0.00000242. The lowest BCUT2D eigenvalue weighted by atomic mass is 9.79. The van der Waals surface area contributed by atoms with Crippen molar-refractivity contribution in [3.63, 3.8) is 0 Å². The van der Waals surface area contributed by atoms with Gasteiger partial charge in [0, 0.05) is 31.3 Å². The molecule has 0 aliphatic carbocycles. The summed E-state index contributed by atoms with van der Waals surface area (Å²) in [7, 11) is 0. The number of hydrogen-bond donors (Lipinski definition) is 1. The molecule has 22 heavy (non-hydrogen) atoms. The van der Waals surface area contributed by atoms with Crippen molar-refractivity contribution >= 4 is 36.0 Å². The highest BCUT2D eigenvalue weighted by Gasteiger charge is 2.41. The van der Waals surface area contributed by atoms with E-state index < -0.39 is 0 Å². The quantitative estimate of drug-likeness (QED) is 0.842. The van der Waals surface area contributed by atoms with Gasteiger partial charge in [-0.05, 0) is 18.3 Å². The zero-order valence-electron chi connectivity index (χ0n) is 13.7. The van der Waals surface area contributed by atoms with Crippen molar-refractivity contribution in [2.24, 2.45) is 11.1 Å². The normalized spacial score (nSPS) is 27.5. The number of nitrogens with two attached hydrogens (primary N) is 1. The van der Waals surface area contributed by atoms with Crippen molar-refractivity contribution < 1.29 is 9.59 Å². The number of amides is 2. The Morgan fingerprint density at radius 2 is 2.05 bits per heavy atom. The van der Waals surface area contributed by atoms with Crippen LogP contribution >= 0.6 is 24.2 Å². The zero-order chi connectivity index (χ0) is 15.6. The van der Waals surface area contributed by atoms with Crippen LogP contribution in [0.5, 0.6) is 0 Å². The Labute approximate surface area is 143 Å². The third-order valence-corrected chi connectivity index (χ3v) is 5.59. The van der Waals surface area contributed by atoms with Crippen LogP contribution in [-0.4, -0.2) is 58.4 Å². The number of thioether (sulfide) groups is 1. The molecule has 2 atom stereocenters. The minimum Gasteiger partial charge on any atom is -0.340 e. The summed E-state index contributed by atoms with van der Waals surface area (Å²) < 4.78 is 0. The van der Waals surface area contributed by atoms with Crippen LogP contribution < -0.4 is 5.73 Å². The van der Waals surface area contributed by atoms with Crippen LogP contribution in [0.2, 0.25) is 0 Å². The third-order valence-electron chi connectivity index (χ3n) is 4.58. The Hall–Kier alpha value is -0.460. The van der Waals surface area contributed by atoms with Crippen LogP contribution in [0.4, 0.5) is 0 Å². The first-order valence-electron chi connectivity index (χ1n) is 7.78. The number of rotatable bonds is 3. The van der Waals surface area contributed by atoms with Crippen LogP contribution in [-0.2, 0) is 9.59 Å². The molecule has 0 saturated carbocycles. The van der Waals surface area contributed by atoms with Gasteiger partial charge in [-0.1, -0.05) is 20.8 Å². The molecule has 5 nitrogen and oxygen atoms in total. The SMILES string of the molecule is CCCC(=O)N1CSCC1C(=O)N1CCC(N)C(C)(C)C1.Cl. The monoisotopic (exact) mass is 349 g/mol. The highest BCUT2D eigenvalue weighted by atomic mass is 35.5. The first-order chi connectivity index (χ1) is 9.86. The van der Waals surface area contributed by atoms with E-state index >= 15 is 0 Å². The van der Waals surface area contributed by atoms with Gasteiger partial charge in [-0.25, -0.2) is 0 Å². The Morgan fingerprint density at radius 1 is 1.36 bits per heavy atom. The molecule has 2 unspecified atom stereocenters. The van der Waals surface area contributed by atoms with Crippen molar-refractivity contribution in [3.8, 4) is 0 Å². The maximum absolute atomic E-state index is 12.8. The van der Waals surface area contributed by atoms with Gasteiger partial charge in [0.25, 0.3) is 0 Å². The van der Waals surface area contributed by atoms with Gasteiger partial charge in [0.1, 0.15) is 6.04 Å². The van der Waals surface area contributed by atoms with Crippen LogP contribution in [0, 0.1) is 5.41 Å². The van der Waals surface area contributed by atoms with Gasteiger partial charge in [-0.2, -0.15) is 0 Å². The second-order valence-electron chi connectivity index (χ2n) is 6.77. The molecule has 2 saturated heterocycles. The maximum Gasteiger partial charge on any atom is 0.246 e. The van der Waals surface area contributed by atoms with E-state index in [0.717, 1.165) is 18.6 Å². The van der Waals surface area contributed by atoms with Crippen molar-refractivity contribution in [2.75, 3.05) is 24.7 Å². The smallest absolute Gasteiger partial charge is 0.246 e. The third kappa shape index (κ3) is 4.09. The highest BCUT2D eigenvalue weighted by Crippen LogP contribution is 2.30. The first kappa shape index (κ1) is 19.6. The molecule has 0 bridgehead atoms. The lowest BCUT2D eigenvalue weighted by Crippen LogP contribution is -2.58. The van der Waals surface area contributed by atoms with E-state index in [1.807, 2.05) is 11.8 Å². The van der Waals surface area contributed by atoms with E-state index in [4.69, 9.17) is 5.73 Å². The van der Waals surface area contributed by atoms with E-state index in [9.17, 15) is 9.59 Å². The van der Waals surface area contributed by atoms with E-state index in [1.165, 1.54) is 0 Å². The topological polar surface area (TPSA) is 66.6 Å². The Bertz CT molecular complexity index is 420. The van der Waals surface area contributed by atoms with Crippen molar-refractivity contribution in [1.82, 2.24) is 9.80 Å². The summed E-state index contributed by atoms with van der Waals surface area (Å²) in [5, 5.41) is 0. The lowest BCUT2D eigenvalue weighted by Gasteiger charge is -2.43. The number of likely N-dealkylation sites (tertiary alicyclic amines) is 1. The largest absolute Gasteiger partial charge is 0.340 e. The molecule has 0 spiro atoms. The van der Waals surface area contributed by atoms with Gasteiger partial charge in [0.05, 0.1) is 5.88 Å². The van der Waals surface area contributed by atoms with Gasteiger partial charge >= 0.3 is 0 Å². The number of hydrogen-bond acceptors (Lipinski definition) is 4. The van der Waals surface area contributed by atoms with Crippen LogP contribution in [0.25, 0.3) is 0 Å². The van der Waals surface area contributed by atoms with E-state index in [-0.39, 0.29) is 41.7 Å². The molecule has 7 heteroatoms. The van der Waals surface area contributed by atoms with Gasteiger partial charge < -0.3 is 15.5 Å². The summed E-state index contributed by atoms with van der Waals surface area (Å²) in [4.78, 5) is 28.6. The molecule has 128 valence electrons. The van der Waals surface area contributed by atoms with Crippen molar-refractivity contribution in [3.05, 3.63) is 0 Å². The maximum atomic E-state index is 12.8. The lowest BCUT2D eigenvalue weighted by molar-refractivity contribution is -0.145. The van der Waals surface area contributed by atoms with Gasteiger partial charge in [0.2, 0.25) is 11.8 Å². The average Bonchev–Trinajstić information content (AvgIpc) is 2.90. The molecule has 2 fully saturated rings. The highest BCUT2D eigenvalue weighted by molar-refractivity contribution is 7.99. The summed E-state index contributed by atoms with van der Waals surface area (Å²) in [6, 6.07) is -0.142. The van der Waals surface area contributed by atoms with E-state index in [2.05, 4.69) is 13.8 Å². The molecule has 0 radical (unpaired) electrons. The number of halogens is 1. The molecular weight excluding hydrogens is 322 g/mol. The Kier molecular flexibility index (Phi) is 7.02. The summed E-state index contributed by atoms with van der Waals surface area (Å²) in [5.41, 5.74) is 6.08. The molecule has 2 N–H and O–H groups in total. The second-order valence-corrected chi connectivity index (χ2v) is 7.77. The fraction of sp³-hybridized carbons (Fsp3) is 0.867. The first-order valence-corrected chi connectivity index (χ1v) is 8.94. The predicted octanol–water partition coefficient (Wildman–Crippen LogP) is 1.70. The van der Waals surface area contributed by atoms with Gasteiger partial charge in [0.15, 0.2) is 0 Å². The van der Waals surface area contributed by atoms with E-state index in [0.29, 0.717) is 25.4 Å². The van der Waals surface area contributed by atoms with Crippen LogP contribution in [0.15, 0.2) is 0 Å². The molecule has 0 aromatic rings. The summed E-state index contributed by atoms with van der Waals surface area (Å²) in [6.07, 6.45) is 2.19. The molecule has 0 aromatic carbocycles. The number of carbonyl (C=O) groups excluding carboxylic acids is 2. The van der Waals surface area contributed by atoms with Gasteiger partial charge in [-0.15, -0.1) is 24.2 Å². The van der Waals surface area contributed by atoms with Crippen LogP contribution in [0.1, 0.15) is 40.0 Å². The summed E-state index contributed by atoms with van der Waals surface area (Å²) >= 11 is 1.67. The number of piperidine rings is 1. The van der Waals surface area contributed by atoms with Crippen molar-refractivity contribution in [2.45, 2.75) is 52.1 Å². The minimum absolute atomic E-state index is 0. The van der Waals surface area contributed by atoms with E-state index in [1.54, 1.807) is 16.7 Å². The molecule has 2 rings (SSSR count). The second kappa shape index (κ2) is 7.88. The fourth-order valence-corrected chi connectivity index (χ4v) is 4.20. The Morgan fingerprint density at radius 3 is 2.64 bits per heavy atom. The van der Waals surface area contributed by atoms with Crippen LogP contribution in [0.3, 0.4) is 0 Å². The fourth-order valence-electron chi connectivity index (χ4n) is 3.02. The molecule has 2 amide bonds. The number of nitrogens with zero attached hydrogens (tertiary/aromatic N) is 2.